The first-order valence-corrected chi connectivity index (χ1v) is 4.90. The standard InChI is InChI=1S/C11H11FO4/c12-9-2-6(3-10(14)15)1-7-4-8(5-13)16-11(7)9/h1-2,8,13H,3-5H2,(H,14,15). The summed E-state index contributed by atoms with van der Waals surface area (Å²) in [6.07, 6.45) is -0.228. The largest absolute Gasteiger partial charge is 0.484 e. The number of carboxylic acid groups (broad SMARTS) is 1. The highest BCUT2D eigenvalue weighted by atomic mass is 19.1. The van der Waals surface area contributed by atoms with Crippen molar-refractivity contribution in [3.8, 4) is 5.75 Å². The van der Waals surface area contributed by atoms with Crippen LogP contribution < -0.4 is 4.74 Å². The van der Waals surface area contributed by atoms with E-state index < -0.39 is 17.9 Å². The van der Waals surface area contributed by atoms with Crippen molar-refractivity contribution in [1.29, 1.82) is 0 Å². The molecule has 0 fully saturated rings. The van der Waals surface area contributed by atoms with Gasteiger partial charge in [0.05, 0.1) is 13.0 Å². The van der Waals surface area contributed by atoms with Gasteiger partial charge >= 0.3 is 5.97 Å². The number of hydrogen-bond donors (Lipinski definition) is 2. The summed E-state index contributed by atoms with van der Waals surface area (Å²) in [7, 11) is 0. The molecule has 1 aromatic carbocycles. The minimum Gasteiger partial charge on any atom is -0.484 e. The van der Waals surface area contributed by atoms with Gasteiger partial charge in [-0.2, -0.15) is 0 Å². The average Bonchev–Trinajstić information content (AvgIpc) is 2.60. The van der Waals surface area contributed by atoms with Gasteiger partial charge in [-0.15, -0.1) is 0 Å². The van der Waals surface area contributed by atoms with Crippen molar-refractivity contribution in [3.05, 3.63) is 29.1 Å². The first-order valence-electron chi connectivity index (χ1n) is 4.90. The van der Waals surface area contributed by atoms with E-state index >= 15 is 0 Å². The zero-order valence-electron chi connectivity index (χ0n) is 8.44. The Hall–Kier alpha value is -1.62. The van der Waals surface area contributed by atoms with Gasteiger partial charge in [-0.25, -0.2) is 4.39 Å². The highest BCUT2D eigenvalue weighted by molar-refractivity contribution is 5.70. The lowest BCUT2D eigenvalue weighted by Crippen LogP contribution is -2.17. The monoisotopic (exact) mass is 226 g/mol. The Labute approximate surface area is 91.3 Å². The smallest absolute Gasteiger partial charge is 0.307 e. The van der Waals surface area contributed by atoms with Crippen molar-refractivity contribution in [2.24, 2.45) is 0 Å². The van der Waals surface area contributed by atoms with Crippen LogP contribution >= 0.6 is 0 Å². The third-order valence-corrected chi connectivity index (χ3v) is 2.47. The van der Waals surface area contributed by atoms with Crippen LogP contribution in [0.3, 0.4) is 0 Å². The molecule has 1 aliphatic heterocycles. The lowest BCUT2D eigenvalue weighted by Gasteiger charge is -2.06. The zero-order valence-corrected chi connectivity index (χ0v) is 8.44. The van der Waals surface area contributed by atoms with E-state index in [4.69, 9.17) is 14.9 Å². The molecular formula is C11H11FO4. The van der Waals surface area contributed by atoms with Crippen LogP contribution in [0.1, 0.15) is 11.1 Å². The van der Waals surface area contributed by atoms with Gasteiger partial charge in [0.15, 0.2) is 11.6 Å². The number of hydrogen-bond acceptors (Lipinski definition) is 3. The predicted octanol–water partition coefficient (Wildman–Crippen LogP) is 0.749. The summed E-state index contributed by atoms with van der Waals surface area (Å²) in [5.41, 5.74) is 1.03. The van der Waals surface area contributed by atoms with Crippen LogP contribution in [-0.4, -0.2) is 28.9 Å². The molecule has 0 saturated carbocycles. The average molecular weight is 226 g/mol. The van der Waals surface area contributed by atoms with E-state index in [0.717, 1.165) is 6.07 Å². The second kappa shape index (κ2) is 4.09. The van der Waals surface area contributed by atoms with Gasteiger partial charge < -0.3 is 14.9 Å². The fourth-order valence-electron chi connectivity index (χ4n) is 1.83. The maximum Gasteiger partial charge on any atom is 0.307 e. The molecule has 0 bridgehead atoms. The molecule has 0 aromatic heterocycles. The molecular weight excluding hydrogens is 215 g/mol. The van der Waals surface area contributed by atoms with E-state index in [2.05, 4.69) is 0 Å². The second-order valence-electron chi connectivity index (χ2n) is 3.76. The third-order valence-electron chi connectivity index (χ3n) is 2.47. The fraction of sp³-hybridized carbons (Fsp3) is 0.364. The summed E-state index contributed by atoms with van der Waals surface area (Å²) in [5, 5.41) is 17.5. The number of aliphatic hydroxyl groups is 1. The zero-order chi connectivity index (χ0) is 11.7. The molecule has 0 saturated heterocycles. The van der Waals surface area contributed by atoms with E-state index in [9.17, 15) is 9.18 Å². The van der Waals surface area contributed by atoms with E-state index in [1.165, 1.54) is 0 Å². The first-order chi connectivity index (χ1) is 7.60. The Morgan fingerprint density at radius 3 is 2.94 bits per heavy atom. The maximum atomic E-state index is 13.5. The highest BCUT2D eigenvalue weighted by Gasteiger charge is 2.26. The number of carboxylic acids is 1. The number of aliphatic carboxylic acids is 1. The molecule has 0 amide bonds. The van der Waals surface area contributed by atoms with Gasteiger partial charge in [0.1, 0.15) is 6.10 Å². The summed E-state index contributed by atoms with van der Waals surface area (Å²) < 4.78 is 18.7. The number of aliphatic hydroxyl groups excluding tert-OH is 1. The summed E-state index contributed by atoms with van der Waals surface area (Å²) in [5.74, 6) is -1.44. The van der Waals surface area contributed by atoms with Crippen LogP contribution in [0, 0.1) is 5.82 Å². The molecule has 1 heterocycles. The lowest BCUT2D eigenvalue weighted by atomic mass is 10.0. The SMILES string of the molecule is O=C(O)Cc1cc(F)c2c(c1)CC(CO)O2. The molecule has 0 spiro atoms. The number of rotatable bonds is 3. The molecule has 2 N–H and O–H groups in total. The van der Waals surface area contributed by atoms with Crippen molar-refractivity contribution in [2.75, 3.05) is 6.61 Å². The van der Waals surface area contributed by atoms with Crippen LogP contribution in [-0.2, 0) is 17.6 Å². The van der Waals surface area contributed by atoms with E-state index in [1.54, 1.807) is 6.07 Å². The van der Waals surface area contributed by atoms with Crippen LogP contribution in [0.5, 0.6) is 5.75 Å². The van der Waals surface area contributed by atoms with Crippen molar-refractivity contribution in [1.82, 2.24) is 0 Å². The normalized spacial score (nSPS) is 18.0. The Morgan fingerprint density at radius 1 is 1.56 bits per heavy atom. The minimum absolute atomic E-state index is 0.133. The van der Waals surface area contributed by atoms with Crippen LogP contribution in [0.4, 0.5) is 4.39 Å². The highest BCUT2D eigenvalue weighted by Crippen LogP contribution is 2.32. The predicted molar refractivity (Wildman–Crippen MR) is 52.9 cm³/mol. The van der Waals surface area contributed by atoms with Gasteiger partial charge in [-0.1, -0.05) is 6.07 Å². The number of benzene rings is 1. The molecule has 16 heavy (non-hydrogen) atoms. The molecule has 0 aliphatic carbocycles. The molecule has 86 valence electrons. The Kier molecular flexibility index (Phi) is 2.78. The molecule has 1 aromatic rings. The van der Waals surface area contributed by atoms with Crippen LogP contribution in [0.25, 0.3) is 0 Å². The Balaban J connectivity index is 2.30. The van der Waals surface area contributed by atoms with Crippen molar-refractivity contribution < 1.29 is 24.1 Å². The first kappa shape index (κ1) is 10.9. The summed E-state index contributed by atoms with van der Waals surface area (Å²) in [6, 6.07) is 2.77. The fourth-order valence-corrected chi connectivity index (χ4v) is 1.83. The Morgan fingerprint density at radius 2 is 2.31 bits per heavy atom. The van der Waals surface area contributed by atoms with Gasteiger partial charge in [0.2, 0.25) is 0 Å². The number of fused-ring (bicyclic) bond motifs is 1. The van der Waals surface area contributed by atoms with Crippen LogP contribution in [0.15, 0.2) is 12.1 Å². The molecule has 5 heteroatoms. The Bertz CT molecular complexity index is 430. The van der Waals surface area contributed by atoms with Gasteiger partial charge in [-0.3, -0.25) is 4.79 Å². The summed E-state index contributed by atoms with van der Waals surface area (Å²) in [4.78, 5) is 10.5. The summed E-state index contributed by atoms with van der Waals surface area (Å²) >= 11 is 0. The molecule has 0 radical (unpaired) electrons. The third kappa shape index (κ3) is 1.99. The van der Waals surface area contributed by atoms with Crippen molar-refractivity contribution in [2.45, 2.75) is 18.9 Å². The van der Waals surface area contributed by atoms with Crippen molar-refractivity contribution >= 4 is 5.97 Å². The van der Waals surface area contributed by atoms with Gasteiger partial charge in [0, 0.05) is 12.0 Å². The maximum absolute atomic E-state index is 13.5. The van der Waals surface area contributed by atoms with Crippen molar-refractivity contribution in [3.63, 3.8) is 0 Å². The number of halogens is 1. The number of ether oxygens (including phenoxy) is 1. The quantitative estimate of drug-likeness (QED) is 0.798. The molecule has 4 nitrogen and oxygen atoms in total. The topological polar surface area (TPSA) is 66.8 Å². The lowest BCUT2D eigenvalue weighted by molar-refractivity contribution is -0.136. The number of carbonyl (C=O) groups is 1. The van der Waals surface area contributed by atoms with Crippen LogP contribution in [0.2, 0.25) is 0 Å². The van der Waals surface area contributed by atoms with E-state index in [0.29, 0.717) is 17.5 Å². The molecule has 1 atom stereocenters. The minimum atomic E-state index is -1.00. The summed E-state index contributed by atoms with van der Waals surface area (Å²) in [6.45, 7) is -0.178. The second-order valence-corrected chi connectivity index (χ2v) is 3.76. The van der Waals surface area contributed by atoms with Gasteiger partial charge in [0.25, 0.3) is 0 Å². The van der Waals surface area contributed by atoms with Gasteiger partial charge in [-0.05, 0) is 11.6 Å². The molecule has 2 rings (SSSR count). The molecule has 1 unspecified atom stereocenters. The molecule has 1 aliphatic rings. The van der Waals surface area contributed by atoms with E-state index in [-0.39, 0.29) is 18.8 Å². The van der Waals surface area contributed by atoms with E-state index in [1.807, 2.05) is 0 Å².